The van der Waals surface area contributed by atoms with Crippen molar-refractivity contribution in [3.63, 3.8) is 0 Å². The summed E-state index contributed by atoms with van der Waals surface area (Å²) < 4.78 is 1.48. The van der Waals surface area contributed by atoms with Gasteiger partial charge in [-0.2, -0.15) is 0 Å². The number of benzene rings is 2. The smallest absolute Gasteiger partial charge is 0.262 e. The Kier molecular flexibility index (Phi) is 5.50. The van der Waals surface area contributed by atoms with Crippen LogP contribution in [0.5, 0.6) is 0 Å². The third-order valence-electron chi connectivity index (χ3n) is 5.12. The van der Waals surface area contributed by atoms with Crippen molar-refractivity contribution in [3.05, 3.63) is 82.4 Å². The van der Waals surface area contributed by atoms with E-state index >= 15 is 0 Å². The topological polar surface area (TPSA) is 55.2 Å². The molecule has 2 heterocycles. The van der Waals surface area contributed by atoms with Gasteiger partial charge in [-0.15, -0.1) is 11.3 Å². The molecule has 1 amide bonds. The highest BCUT2D eigenvalue weighted by Crippen LogP contribution is 2.31. The zero-order valence-electron chi connectivity index (χ0n) is 17.3. The number of carbonyl (C=O) groups is 1. The second-order valence-corrected chi connectivity index (χ2v) is 8.25. The number of amides is 1. The van der Waals surface area contributed by atoms with Crippen LogP contribution in [0.3, 0.4) is 0 Å². The lowest BCUT2D eigenvalue weighted by atomic mass is 10.2. The van der Waals surface area contributed by atoms with Crippen molar-refractivity contribution in [2.24, 2.45) is 0 Å². The minimum absolute atomic E-state index is 0.0358. The molecule has 2 aromatic carbocycles. The molecule has 0 saturated heterocycles. The van der Waals surface area contributed by atoms with Gasteiger partial charge in [-0.3, -0.25) is 14.2 Å². The molecule has 0 N–H and O–H groups in total. The average Bonchev–Trinajstić information content (AvgIpc) is 3.16. The summed E-state index contributed by atoms with van der Waals surface area (Å²) in [7, 11) is 0. The minimum Gasteiger partial charge on any atom is -0.311 e. The normalized spacial score (nSPS) is 11.0. The molecular formula is C24H23N3O2S. The molecule has 4 aromatic rings. The Bertz CT molecular complexity index is 1270. The first-order chi connectivity index (χ1) is 14.5. The first-order valence-electron chi connectivity index (χ1n) is 9.91. The molecule has 5 nitrogen and oxygen atoms in total. The highest BCUT2D eigenvalue weighted by Gasteiger charge is 2.19. The van der Waals surface area contributed by atoms with Crippen molar-refractivity contribution in [2.45, 2.75) is 27.3 Å². The number of hydrogen-bond donors (Lipinski definition) is 0. The SMILES string of the molecule is CCN(C(=O)Cn1c(C)nc2sc(-c3ccccc3)cc2c1=O)c1cccc(C)c1. The van der Waals surface area contributed by atoms with Crippen LogP contribution in [-0.2, 0) is 11.3 Å². The van der Waals surface area contributed by atoms with E-state index in [4.69, 9.17) is 0 Å². The van der Waals surface area contributed by atoms with Crippen molar-refractivity contribution < 1.29 is 4.79 Å². The first-order valence-corrected chi connectivity index (χ1v) is 10.7. The lowest BCUT2D eigenvalue weighted by Gasteiger charge is -2.22. The highest BCUT2D eigenvalue weighted by molar-refractivity contribution is 7.21. The number of likely N-dealkylation sites (N-methyl/N-ethyl adjacent to an activating group) is 1. The van der Waals surface area contributed by atoms with Crippen LogP contribution in [0.2, 0.25) is 0 Å². The Balaban J connectivity index is 1.70. The summed E-state index contributed by atoms with van der Waals surface area (Å²) in [5, 5.41) is 0.552. The second kappa shape index (κ2) is 8.24. The molecular weight excluding hydrogens is 394 g/mol. The highest BCUT2D eigenvalue weighted by atomic mass is 32.1. The van der Waals surface area contributed by atoms with E-state index in [1.54, 1.807) is 11.8 Å². The monoisotopic (exact) mass is 417 g/mol. The number of anilines is 1. The largest absolute Gasteiger partial charge is 0.311 e. The van der Waals surface area contributed by atoms with E-state index in [0.29, 0.717) is 22.6 Å². The van der Waals surface area contributed by atoms with E-state index in [2.05, 4.69) is 4.98 Å². The maximum atomic E-state index is 13.2. The van der Waals surface area contributed by atoms with Gasteiger partial charge >= 0.3 is 0 Å². The third kappa shape index (κ3) is 3.78. The fourth-order valence-electron chi connectivity index (χ4n) is 3.57. The quantitative estimate of drug-likeness (QED) is 0.469. The Labute approximate surface area is 179 Å². The van der Waals surface area contributed by atoms with Gasteiger partial charge in [0, 0.05) is 17.1 Å². The number of hydrogen-bond acceptors (Lipinski definition) is 4. The third-order valence-corrected chi connectivity index (χ3v) is 6.20. The summed E-state index contributed by atoms with van der Waals surface area (Å²) in [4.78, 5) is 34.3. The number of aromatic nitrogens is 2. The molecule has 0 saturated carbocycles. The van der Waals surface area contributed by atoms with Gasteiger partial charge in [-0.05, 0) is 50.1 Å². The molecule has 0 spiro atoms. The lowest BCUT2D eigenvalue weighted by Crippen LogP contribution is -2.37. The summed E-state index contributed by atoms with van der Waals surface area (Å²) in [6.45, 7) is 6.20. The van der Waals surface area contributed by atoms with Crippen molar-refractivity contribution in [2.75, 3.05) is 11.4 Å². The van der Waals surface area contributed by atoms with E-state index in [0.717, 1.165) is 21.7 Å². The number of nitrogens with zero attached hydrogens (tertiary/aromatic N) is 3. The molecule has 152 valence electrons. The Morgan fingerprint density at radius 2 is 1.83 bits per heavy atom. The standard InChI is InChI=1S/C24H23N3O2S/c1-4-26(19-12-8-9-16(2)13-19)22(28)15-27-17(3)25-23-20(24(27)29)14-21(30-23)18-10-6-5-7-11-18/h5-14H,4,15H2,1-3H3. The van der Waals surface area contributed by atoms with Crippen molar-refractivity contribution in [1.82, 2.24) is 9.55 Å². The summed E-state index contributed by atoms with van der Waals surface area (Å²) in [6.07, 6.45) is 0. The van der Waals surface area contributed by atoms with Gasteiger partial charge < -0.3 is 4.90 Å². The molecule has 0 unspecified atom stereocenters. The van der Waals surface area contributed by atoms with E-state index in [1.807, 2.05) is 74.5 Å². The molecule has 0 aliphatic heterocycles. The maximum Gasteiger partial charge on any atom is 0.262 e. The van der Waals surface area contributed by atoms with Gasteiger partial charge in [0.25, 0.3) is 5.56 Å². The predicted octanol–water partition coefficient (Wildman–Crippen LogP) is 4.79. The fraction of sp³-hybridized carbons (Fsp3) is 0.208. The Morgan fingerprint density at radius 3 is 2.53 bits per heavy atom. The molecule has 0 fully saturated rings. The Morgan fingerprint density at radius 1 is 1.07 bits per heavy atom. The van der Waals surface area contributed by atoms with E-state index in [9.17, 15) is 9.59 Å². The number of rotatable bonds is 5. The van der Waals surface area contributed by atoms with Gasteiger partial charge in [0.15, 0.2) is 0 Å². The molecule has 4 rings (SSSR count). The Hall–Kier alpha value is -3.25. The van der Waals surface area contributed by atoms with Crippen LogP contribution >= 0.6 is 11.3 Å². The first kappa shape index (κ1) is 20.0. The van der Waals surface area contributed by atoms with Gasteiger partial charge in [0.1, 0.15) is 17.2 Å². The molecule has 0 aliphatic carbocycles. The predicted molar refractivity (Wildman–Crippen MR) is 123 cm³/mol. The summed E-state index contributed by atoms with van der Waals surface area (Å²) in [6, 6.07) is 19.6. The van der Waals surface area contributed by atoms with E-state index in [1.165, 1.54) is 15.9 Å². The maximum absolute atomic E-state index is 13.2. The zero-order chi connectivity index (χ0) is 21.3. The number of aryl methyl sites for hydroxylation is 2. The van der Waals surface area contributed by atoms with Gasteiger partial charge in [0.2, 0.25) is 5.91 Å². The number of fused-ring (bicyclic) bond motifs is 1. The lowest BCUT2D eigenvalue weighted by molar-refractivity contribution is -0.119. The average molecular weight is 418 g/mol. The molecule has 6 heteroatoms. The van der Waals surface area contributed by atoms with Crippen molar-refractivity contribution >= 4 is 33.1 Å². The van der Waals surface area contributed by atoms with Crippen LogP contribution in [0, 0.1) is 13.8 Å². The van der Waals surface area contributed by atoms with Crippen LogP contribution in [0.4, 0.5) is 5.69 Å². The molecule has 0 radical (unpaired) electrons. The second-order valence-electron chi connectivity index (χ2n) is 7.22. The number of thiophene rings is 1. The molecule has 0 aliphatic rings. The minimum atomic E-state index is -0.176. The van der Waals surface area contributed by atoms with Crippen molar-refractivity contribution in [3.8, 4) is 10.4 Å². The molecule has 2 aromatic heterocycles. The van der Waals surface area contributed by atoms with E-state index in [-0.39, 0.29) is 18.0 Å². The fourth-order valence-corrected chi connectivity index (χ4v) is 4.64. The summed E-state index contributed by atoms with van der Waals surface area (Å²) in [5.41, 5.74) is 2.80. The molecule has 0 bridgehead atoms. The van der Waals surface area contributed by atoms with Gasteiger partial charge in [0.05, 0.1) is 5.39 Å². The molecule has 30 heavy (non-hydrogen) atoms. The molecule has 0 atom stereocenters. The van der Waals surface area contributed by atoms with E-state index < -0.39 is 0 Å². The van der Waals surface area contributed by atoms with Crippen LogP contribution in [0.1, 0.15) is 18.3 Å². The van der Waals surface area contributed by atoms with Crippen LogP contribution < -0.4 is 10.5 Å². The van der Waals surface area contributed by atoms with Gasteiger partial charge in [-0.25, -0.2) is 4.98 Å². The summed E-state index contributed by atoms with van der Waals surface area (Å²) in [5.74, 6) is 0.413. The van der Waals surface area contributed by atoms with Crippen molar-refractivity contribution in [1.29, 1.82) is 0 Å². The van der Waals surface area contributed by atoms with Gasteiger partial charge in [-0.1, -0.05) is 42.5 Å². The zero-order valence-corrected chi connectivity index (χ0v) is 18.1. The van der Waals surface area contributed by atoms with Crippen LogP contribution in [0.25, 0.3) is 20.7 Å². The summed E-state index contributed by atoms with van der Waals surface area (Å²) >= 11 is 1.50. The number of carbonyl (C=O) groups excluding carboxylic acids is 1. The van der Waals surface area contributed by atoms with Crippen LogP contribution in [-0.4, -0.2) is 22.0 Å². The van der Waals surface area contributed by atoms with Crippen LogP contribution in [0.15, 0.2) is 65.5 Å².